The van der Waals surface area contributed by atoms with Crippen molar-refractivity contribution in [1.29, 1.82) is 0 Å². The van der Waals surface area contributed by atoms with E-state index in [4.69, 9.17) is 0 Å². The molecule has 104 valence electrons. The van der Waals surface area contributed by atoms with Crippen LogP contribution in [0.15, 0.2) is 27.1 Å². The van der Waals surface area contributed by atoms with Crippen LogP contribution in [-0.2, 0) is 23.1 Å². The summed E-state index contributed by atoms with van der Waals surface area (Å²) in [7, 11) is -1.67. The van der Waals surface area contributed by atoms with Crippen LogP contribution in [0.4, 0.5) is 0 Å². The van der Waals surface area contributed by atoms with E-state index in [-0.39, 0.29) is 6.54 Å². The van der Waals surface area contributed by atoms with Crippen molar-refractivity contribution >= 4 is 21.4 Å². The highest BCUT2D eigenvalue weighted by atomic mass is 32.2. The maximum Gasteiger partial charge on any atom is 0.250 e. The van der Waals surface area contributed by atoms with Crippen molar-refractivity contribution in [2.24, 2.45) is 0 Å². The van der Waals surface area contributed by atoms with Gasteiger partial charge >= 0.3 is 0 Å². The molecule has 0 spiro atoms. The van der Waals surface area contributed by atoms with Crippen molar-refractivity contribution in [2.45, 2.75) is 24.2 Å². The molecule has 0 saturated carbocycles. The topological polar surface area (TPSA) is 84.2 Å². The van der Waals surface area contributed by atoms with Crippen molar-refractivity contribution in [3.05, 3.63) is 34.5 Å². The minimum atomic E-state index is -3.50. The molecular weight excluding hydrogens is 286 g/mol. The normalized spacial score (nSPS) is 11.9. The lowest BCUT2D eigenvalue weighted by Gasteiger charge is -2.01. The Morgan fingerprint density at radius 1 is 1.42 bits per heavy atom. The van der Waals surface area contributed by atoms with Crippen LogP contribution < -0.4 is 10.0 Å². The van der Waals surface area contributed by atoms with Crippen LogP contribution in [0.1, 0.15) is 16.1 Å². The molecule has 0 aliphatic carbocycles. The SMILES string of the molecule is CNCc1sc(S(=O)(=O)NCc2ccon2)cc1C. The smallest absolute Gasteiger partial charge is 0.250 e. The van der Waals surface area contributed by atoms with Crippen molar-refractivity contribution in [1.82, 2.24) is 15.2 Å². The van der Waals surface area contributed by atoms with E-state index < -0.39 is 10.0 Å². The van der Waals surface area contributed by atoms with Crippen molar-refractivity contribution in [3.63, 3.8) is 0 Å². The fourth-order valence-electron chi connectivity index (χ4n) is 1.53. The Hall–Kier alpha value is -1.22. The fourth-order valence-corrected chi connectivity index (χ4v) is 4.17. The quantitative estimate of drug-likeness (QED) is 0.838. The zero-order valence-corrected chi connectivity index (χ0v) is 12.3. The second-order valence-corrected chi connectivity index (χ2v) is 7.15. The van der Waals surface area contributed by atoms with Crippen molar-refractivity contribution in [3.8, 4) is 0 Å². The molecule has 6 nitrogen and oxygen atoms in total. The predicted octanol–water partition coefficient (Wildman–Crippen LogP) is 1.24. The van der Waals surface area contributed by atoms with Crippen LogP contribution in [0.5, 0.6) is 0 Å². The summed E-state index contributed by atoms with van der Waals surface area (Å²) in [6.45, 7) is 2.69. The van der Waals surface area contributed by atoms with E-state index in [1.807, 2.05) is 14.0 Å². The minimum Gasteiger partial charge on any atom is -0.364 e. The monoisotopic (exact) mass is 301 g/mol. The first-order valence-electron chi connectivity index (χ1n) is 5.66. The first-order valence-corrected chi connectivity index (χ1v) is 7.95. The summed E-state index contributed by atoms with van der Waals surface area (Å²) in [5.74, 6) is 0. The van der Waals surface area contributed by atoms with E-state index in [0.717, 1.165) is 10.4 Å². The molecular formula is C11H15N3O3S2. The molecule has 0 aliphatic heterocycles. The van der Waals surface area contributed by atoms with Gasteiger partial charge in [-0.2, -0.15) is 0 Å². The van der Waals surface area contributed by atoms with Crippen molar-refractivity contribution < 1.29 is 12.9 Å². The van der Waals surface area contributed by atoms with Gasteiger partial charge in [0.25, 0.3) is 0 Å². The molecule has 8 heteroatoms. The molecule has 0 unspecified atom stereocenters. The highest BCUT2D eigenvalue weighted by molar-refractivity contribution is 7.91. The van der Waals surface area contributed by atoms with Gasteiger partial charge in [0.15, 0.2) is 0 Å². The van der Waals surface area contributed by atoms with E-state index in [9.17, 15) is 8.42 Å². The summed E-state index contributed by atoms with van der Waals surface area (Å²) in [5, 5.41) is 6.67. The Balaban J connectivity index is 2.12. The number of hydrogen-bond donors (Lipinski definition) is 2. The summed E-state index contributed by atoms with van der Waals surface area (Å²) >= 11 is 1.27. The van der Waals surface area contributed by atoms with E-state index in [0.29, 0.717) is 16.4 Å². The van der Waals surface area contributed by atoms with E-state index in [1.54, 1.807) is 12.1 Å². The molecule has 2 rings (SSSR count). The number of sulfonamides is 1. The zero-order chi connectivity index (χ0) is 13.9. The summed E-state index contributed by atoms with van der Waals surface area (Å²) in [5.41, 5.74) is 1.52. The maximum atomic E-state index is 12.1. The number of aryl methyl sites for hydroxylation is 1. The third-order valence-electron chi connectivity index (χ3n) is 2.53. The van der Waals surface area contributed by atoms with Gasteiger partial charge in [-0.25, -0.2) is 13.1 Å². The number of thiophene rings is 1. The molecule has 2 aromatic heterocycles. The average Bonchev–Trinajstić information content (AvgIpc) is 2.98. The zero-order valence-electron chi connectivity index (χ0n) is 10.6. The molecule has 19 heavy (non-hydrogen) atoms. The van der Waals surface area contributed by atoms with E-state index in [1.165, 1.54) is 17.6 Å². The van der Waals surface area contributed by atoms with Crippen LogP contribution in [0.3, 0.4) is 0 Å². The third kappa shape index (κ3) is 3.41. The van der Waals surface area contributed by atoms with Gasteiger partial charge in [0.2, 0.25) is 10.0 Å². The second kappa shape index (κ2) is 5.83. The fraction of sp³-hybridized carbons (Fsp3) is 0.364. The maximum absolute atomic E-state index is 12.1. The predicted molar refractivity (Wildman–Crippen MR) is 72.3 cm³/mol. The molecule has 0 bridgehead atoms. The number of nitrogens with one attached hydrogen (secondary N) is 2. The highest BCUT2D eigenvalue weighted by Gasteiger charge is 2.18. The van der Waals surface area contributed by atoms with Gasteiger partial charge in [-0.05, 0) is 25.6 Å². The molecule has 0 aliphatic rings. The Morgan fingerprint density at radius 3 is 2.84 bits per heavy atom. The lowest BCUT2D eigenvalue weighted by molar-refractivity contribution is 0.411. The number of aromatic nitrogens is 1. The largest absolute Gasteiger partial charge is 0.364 e. The van der Waals surface area contributed by atoms with Crippen LogP contribution in [0, 0.1) is 6.92 Å². The lowest BCUT2D eigenvalue weighted by atomic mass is 10.3. The molecule has 2 N–H and O–H groups in total. The molecule has 0 amide bonds. The first-order chi connectivity index (χ1) is 9.03. The highest BCUT2D eigenvalue weighted by Crippen LogP contribution is 2.25. The third-order valence-corrected chi connectivity index (χ3v) is 5.65. The van der Waals surface area contributed by atoms with Gasteiger partial charge in [-0.1, -0.05) is 5.16 Å². The van der Waals surface area contributed by atoms with Crippen LogP contribution >= 0.6 is 11.3 Å². The summed E-state index contributed by atoms with van der Waals surface area (Å²) < 4.78 is 31.7. The van der Waals surface area contributed by atoms with Crippen LogP contribution in [0.2, 0.25) is 0 Å². The van der Waals surface area contributed by atoms with Gasteiger partial charge in [0, 0.05) is 17.5 Å². The standard InChI is InChI=1S/C11H15N3O3S2/c1-8-5-11(18-10(8)7-12-2)19(15,16)13-6-9-3-4-17-14-9/h3-5,12-13H,6-7H2,1-2H3. The van der Waals surface area contributed by atoms with Gasteiger partial charge < -0.3 is 9.84 Å². The van der Waals surface area contributed by atoms with Gasteiger partial charge in [0.05, 0.1) is 12.2 Å². The molecule has 0 aromatic carbocycles. The van der Waals surface area contributed by atoms with Crippen molar-refractivity contribution in [2.75, 3.05) is 7.05 Å². The number of nitrogens with zero attached hydrogens (tertiary/aromatic N) is 1. The Kier molecular flexibility index (Phi) is 4.35. The molecule has 2 aromatic rings. The van der Waals surface area contributed by atoms with Gasteiger partial charge in [0.1, 0.15) is 10.5 Å². The summed E-state index contributed by atoms with van der Waals surface area (Å²) in [6, 6.07) is 3.30. The molecule has 0 saturated heterocycles. The summed E-state index contributed by atoms with van der Waals surface area (Å²) in [4.78, 5) is 1.02. The summed E-state index contributed by atoms with van der Waals surface area (Å²) in [6.07, 6.45) is 1.41. The second-order valence-electron chi connectivity index (χ2n) is 4.02. The van der Waals surface area contributed by atoms with Crippen LogP contribution in [-0.4, -0.2) is 20.6 Å². The Bertz CT molecular complexity index is 632. The molecule has 0 fully saturated rings. The Morgan fingerprint density at radius 2 is 2.21 bits per heavy atom. The minimum absolute atomic E-state index is 0.122. The average molecular weight is 301 g/mol. The Labute approximate surface area is 115 Å². The lowest BCUT2D eigenvalue weighted by Crippen LogP contribution is -2.22. The number of rotatable bonds is 6. The van der Waals surface area contributed by atoms with Crippen LogP contribution in [0.25, 0.3) is 0 Å². The molecule has 2 heterocycles. The first kappa shape index (κ1) is 14.2. The van der Waals surface area contributed by atoms with E-state index >= 15 is 0 Å². The van der Waals surface area contributed by atoms with Gasteiger partial charge in [-0.15, -0.1) is 11.3 Å². The number of hydrogen-bond acceptors (Lipinski definition) is 6. The molecule has 0 atom stereocenters. The van der Waals surface area contributed by atoms with E-state index in [2.05, 4.69) is 19.7 Å². The van der Waals surface area contributed by atoms with Gasteiger partial charge in [-0.3, -0.25) is 0 Å². The molecule has 0 radical (unpaired) electrons.